The number of amides is 1. The Morgan fingerprint density at radius 3 is 2.11 bits per heavy atom. The van der Waals surface area contributed by atoms with Crippen LogP contribution in [0.25, 0.3) is 0 Å². The van der Waals surface area contributed by atoms with Crippen molar-refractivity contribution in [1.82, 2.24) is 14.8 Å². The van der Waals surface area contributed by atoms with Gasteiger partial charge in [-0.05, 0) is 42.0 Å². The molecule has 1 heterocycles. The molecule has 0 radical (unpaired) electrons. The smallest absolute Gasteiger partial charge is 0.338 e. The van der Waals surface area contributed by atoms with Gasteiger partial charge in [-0.1, -0.05) is 63.2 Å². The summed E-state index contributed by atoms with van der Waals surface area (Å²) >= 11 is 1.40. The van der Waals surface area contributed by atoms with E-state index in [2.05, 4.69) is 54.9 Å². The number of alkyl halides is 3. The zero-order valence-electron chi connectivity index (χ0n) is 21.5. The molecule has 4 nitrogen and oxygen atoms in total. The van der Waals surface area contributed by atoms with Crippen LogP contribution < -0.4 is 0 Å². The number of hydrogen-bond donors (Lipinski definition) is 0. The second-order valence-electron chi connectivity index (χ2n) is 9.89. The first-order chi connectivity index (χ1) is 16.9. The van der Waals surface area contributed by atoms with Crippen LogP contribution >= 0.6 is 11.3 Å². The van der Waals surface area contributed by atoms with Gasteiger partial charge >= 0.3 is 6.18 Å². The van der Waals surface area contributed by atoms with Crippen molar-refractivity contribution < 1.29 is 18.0 Å². The van der Waals surface area contributed by atoms with Crippen LogP contribution in [0.4, 0.5) is 13.2 Å². The third-order valence-electron chi connectivity index (χ3n) is 6.07. The molecule has 36 heavy (non-hydrogen) atoms. The van der Waals surface area contributed by atoms with Crippen molar-refractivity contribution in [2.75, 3.05) is 13.1 Å². The Labute approximate surface area is 215 Å². The lowest BCUT2D eigenvalue weighted by atomic mass is 9.87. The largest absolute Gasteiger partial charge is 0.416 e. The summed E-state index contributed by atoms with van der Waals surface area (Å²) in [6, 6.07) is 13.8. The molecular formula is C28H34F3N3OS. The molecule has 1 aromatic heterocycles. The summed E-state index contributed by atoms with van der Waals surface area (Å²) in [7, 11) is 0. The standard InChI is InChI=1S/C28H34F3N3OS/c1-6-34(7-2)26(35)24-19-36-25(32-24)18-33(16-20-11-13-22(14-12-20)27(3,4)5)17-21-9-8-10-23(15-21)28(29,30)31/h8-15,19H,6-7,16-18H2,1-5H3. The molecule has 0 spiro atoms. The molecule has 0 saturated heterocycles. The summed E-state index contributed by atoms with van der Waals surface area (Å²) in [5, 5.41) is 2.51. The minimum atomic E-state index is -4.39. The summed E-state index contributed by atoms with van der Waals surface area (Å²) in [4.78, 5) is 21.0. The van der Waals surface area contributed by atoms with Crippen LogP contribution in [-0.2, 0) is 31.2 Å². The minimum Gasteiger partial charge on any atom is -0.338 e. The summed E-state index contributed by atoms with van der Waals surface area (Å²) < 4.78 is 39.8. The Morgan fingerprint density at radius 1 is 0.889 bits per heavy atom. The van der Waals surface area contributed by atoms with Crippen molar-refractivity contribution in [2.45, 2.75) is 65.8 Å². The van der Waals surface area contributed by atoms with Gasteiger partial charge in [0.1, 0.15) is 10.7 Å². The summed E-state index contributed by atoms with van der Waals surface area (Å²) in [6.45, 7) is 12.8. The van der Waals surface area contributed by atoms with Gasteiger partial charge in [-0.3, -0.25) is 9.69 Å². The van der Waals surface area contributed by atoms with Crippen molar-refractivity contribution in [3.8, 4) is 0 Å². The molecule has 0 atom stereocenters. The molecule has 0 aliphatic rings. The van der Waals surface area contributed by atoms with Crippen LogP contribution in [0.15, 0.2) is 53.9 Å². The third-order valence-corrected chi connectivity index (χ3v) is 6.90. The molecular weight excluding hydrogens is 483 g/mol. The molecule has 2 aromatic carbocycles. The molecule has 8 heteroatoms. The highest BCUT2D eigenvalue weighted by atomic mass is 32.1. The fraction of sp³-hybridized carbons (Fsp3) is 0.429. The maximum absolute atomic E-state index is 13.3. The predicted molar refractivity (Wildman–Crippen MR) is 139 cm³/mol. The lowest BCUT2D eigenvalue weighted by molar-refractivity contribution is -0.137. The van der Waals surface area contributed by atoms with E-state index in [0.717, 1.165) is 16.6 Å². The van der Waals surface area contributed by atoms with Crippen molar-refractivity contribution in [3.63, 3.8) is 0 Å². The highest BCUT2D eigenvalue weighted by Gasteiger charge is 2.30. The van der Waals surface area contributed by atoms with Crippen LogP contribution in [0, 0.1) is 0 Å². The first-order valence-corrected chi connectivity index (χ1v) is 13.0. The van der Waals surface area contributed by atoms with Gasteiger partial charge in [0.15, 0.2) is 0 Å². The van der Waals surface area contributed by atoms with Crippen molar-refractivity contribution in [3.05, 3.63) is 86.9 Å². The van der Waals surface area contributed by atoms with E-state index in [1.165, 1.54) is 29.0 Å². The first kappa shape index (κ1) is 27.9. The Morgan fingerprint density at radius 2 is 1.53 bits per heavy atom. The minimum absolute atomic E-state index is 0.0327. The number of nitrogens with zero attached hydrogens (tertiary/aromatic N) is 3. The number of benzene rings is 2. The van der Waals surface area contributed by atoms with Gasteiger partial charge < -0.3 is 4.90 Å². The van der Waals surface area contributed by atoms with E-state index in [1.54, 1.807) is 16.3 Å². The molecule has 0 bridgehead atoms. The summed E-state index contributed by atoms with van der Waals surface area (Å²) in [6.07, 6.45) is -4.39. The number of aromatic nitrogens is 1. The van der Waals surface area contributed by atoms with Crippen molar-refractivity contribution in [1.29, 1.82) is 0 Å². The van der Waals surface area contributed by atoms with E-state index < -0.39 is 11.7 Å². The fourth-order valence-electron chi connectivity index (χ4n) is 3.99. The van der Waals surface area contributed by atoms with Gasteiger partial charge in [-0.15, -0.1) is 11.3 Å². The fourth-order valence-corrected chi connectivity index (χ4v) is 4.80. The highest BCUT2D eigenvalue weighted by molar-refractivity contribution is 7.09. The normalized spacial score (nSPS) is 12.2. The second-order valence-corrected chi connectivity index (χ2v) is 10.8. The predicted octanol–water partition coefficient (Wildman–Crippen LogP) is 7.14. The topological polar surface area (TPSA) is 36.4 Å². The molecule has 0 saturated carbocycles. The number of carbonyl (C=O) groups excluding carboxylic acids is 1. The Hall–Kier alpha value is -2.71. The van der Waals surface area contributed by atoms with Gasteiger partial charge in [0.05, 0.1) is 12.1 Å². The maximum Gasteiger partial charge on any atom is 0.416 e. The van der Waals surface area contributed by atoms with E-state index in [-0.39, 0.29) is 11.3 Å². The van der Waals surface area contributed by atoms with Gasteiger partial charge in [0, 0.05) is 31.6 Å². The Kier molecular flexibility index (Phi) is 8.95. The SMILES string of the molecule is CCN(CC)C(=O)c1csc(CN(Cc2ccc(C(C)(C)C)cc2)Cc2cccc(C(F)(F)F)c2)n1. The van der Waals surface area contributed by atoms with E-state index in [9.17, 15) is 18.0 Å². The Balaban J connectivity index is 1.85. The monoisotopic (exact) mass is 517 g/mol. The molecule has 0 aliphatic carbocycles. The number of hydrogen-bond acceptors (Lipinski definition) is 4. The molecule has 0 N–H and O–H groups in total. The lowest BCUT2D eigenvalue weighted by Gasteiger charge is -2.23. The average molecular weight is 518 g/mol. The zero-order chi connectivity index (χ0) is 26.5. The van der Waals surface area contributed by atoms with Gasteiger partial charge in [-0.25, -0.2) is 4.98 Å². The van der Waals surface area contributed by atoms with Gasteiger partial charge in [0.2, 0.25) is 0 Å². The van der Waals surface area contributed by atoms with Crippen LogP contribution in [0.1, 0.15) is 72.4 Å². The molecule has 3 aromatic rings. The average Bonchev–Trinajstić information content (AvgIpc) is 3.27. The van der Waals surface area contributed by atoms with Crippen LogP contribution in [0.5, 0.6) is 0 Å². The molecule has 3 rings (SSSR count). The van der Waals surface area contributed by atoms with E-state index in [1.807, 2.05) is 13.8 Å². The number of thiazole rings is 1. The van der Waals surface area contributed by atoms with E-state index >= 15 is 0 Å². The second kappa shape index (κ2) is 11.6. The molecule has 1 amide bonds. The van der Waals surface area contributed by atoms with E-state index in [0.29, 0.717) is 44.0 Å². The number of carbonyl (C=O) groups is 1. The van der Waals surface area contributed by atoms with Gasteiger partial charge in [-0.2, -0.15) is 13.2 Å². The lowest BCUT2D eigenvalue weighted by Crippen LogP contribution is -2.30. The summed E-state index contributed by atoms with van der Waals surface area (Å²) in [5.74, 6) is -0.107. The maximum atomic E-state index is 13.3. The third kappa shape index (κ3) is 7.40. The first-order valence-electron chi connectivity index (χ1n) is 12.1. The van der Waals surface area contributed by atoms with Crippen LogP contribution in [0.3, 0.4) is 0 Å². The zero-order valence-corrected chi connectivity index (χ0v) is 22.3. The summed E-state index contributed by atoms with van der Waals surface area (Å²) in [5.41, 5.74) is 2.64. The van der Waals surface area contributed by atoms with E-state index in [4.69, 9.17) is 0 Å². The molecule has 194 valence electrons. The van der Waals surface area contributed by atoms with Crippen LogP contribution in [0.2, 0.25) is 0 Å². The van der Waals surface area contributed by atoms with Crippen molar-refractivity contribution in [2.24, 2.45) is 0 Å². The molecule has 0 aliphatic heterocycles. The quantitative estimate of drug-likeness (QED) is 0.303. The van der Waals surface area contributed by atoms with Crippen LogP contribution in [-0.4, -0.2) is 33.8 Å². The molecule has 0 unspecified atom stereocenters. The highest BCUT2D eigenvalue weighted by Crippen LogP contribution is 2.30. The Bertz CT molecular complexity index is 1150. The van der Waals surface area contributed by atoms with Gasteiger partial charge in [0.25, 0.3) is 5.91 Å². The number of rotatable bonds is 9. The van der Waals surface area contributed by atoms with Crippen molar-refractivity contribution >= 4 is 17.2 Å². The number of halogens is 3. The molecule has 0 fully saturated rings.